The summed E-state index contributed by atoms with van der Waals surface area (Å²) in [7, 11) is 3.08. The topological polar surface area (TPSA) is 47.6 Å². The van der Waals surface area contributed by atoms with Crippen molar-refractivity contribution in [3.05, 3.63) is 23.8 Å². The second kappa shape index (κ2) is 6.35. The van der Waals surface area contributed by atoms with Crippen molar-refractivity contribution in [3.8, 4) is 11.5 Å². The molecule has 0 heterocycles. The average Bonchev–Trinajstić information content (AvgIpc) is 2.34. The molecule has 0 aromatic heterocycles. The number of ether oxygens (including phenoxy) is 2. The lowest BCUT2D eigenvalue weighted by Gasteiger charge is -2.09. The van der Waals surface area contributed by atoms with Crippen molar-refractivity contribution < 1.29 is 14.3 Å². The van der Waals surface area contributed by atoms with Gasteiger partial charge in [0.2, 0.25) is 0 Å². The lowest BCUT2D eigenvalue weighted by Crippen LogP contribution is -2.28. The first-order chi connectivity index (χ1) is 8.06. The molecule has 0 bridgehead atoms. The van der Waals surface area contributed by atoms with Crippen molar-refractivity contribution in [2.75, 3.05) is 20.8 Å². The van der Waals surface area contributed by atoms with Gasteiger partial charge in [-0.1, -0.05) is 0 Å². The molecule has 0 radical (unpaired) electrons. The Balaban J connectivity index is 2.84. The van der Waals surface area contributed by atoms with Crippen LogP contribution < -0.4 is 14.8 Å². The molecule has 1 unspecified atom stereocenters. The van der Waals surface area contributed by atoms with Gasteiger partial charge in [0.05, 0.1) is 14.2 Å². The first-order valence-electron chi connectivity index (χ1n) is 5.22. The monoisotopic (exact) mass is 257 g/mol. The third kappa shape index (κ3) is 4.15. The summed E-state index contributed by atoms with van der Waals surface area (Å²) in [5, 5.41) is 2.61. The molecule has 1 atom stereocenters. The van der Waals surface area contributed by atoms with Gasteiger partial charge in [0.25, 0.3) is 5.91 Å². The van der Waals surface area contributed by atoms with E-state index in [2.05, 4.69) is 5.32 Å². The van der Waals surface area contributed by atoms with Crippen molar-refractivity contribution in [1.82, 2.24) is 5.32 Å². The predicted molar refractivity (Wildman–Crippen MR) is 67.2 cm³/mol. The van der Waals surface area contributed by atoms with Crippen LogP contribution in [0, 0.1) is 0 Å². The fourth-order valence-corrected chi connectivity index (χ4v) is 1.35. The number of nitrogens with one attached hydrogen (secondary N) is 1. The Hall–Kier alpha value is -1.42. The van der Waals surface area contributed by atoms with E-state index in [4.69, 9.17) is 21.1 Å². The summed E-state index contributed by atoms with van der Waals surface area (Å²) in [5.41, 5.74) is 0.485. The summed E-state index contributed by atoms with van der Waals surface area (Å²) in [6.45, 7) is 2.23. The number of hydrogen-bond donors (Lipinski definition) is 1. The standard InChI is InChI=1S/C12H16ClNO3/c1-8(13)7-14-12(15)9-4-10(16-2)6-11(5-9)17-3/h4-6,8H,7H2,1-3H3,(H,14,15). The van der Waals surface area contributed by atoms with Gasteiger partial charge in [-0.05, 0) is 19.1 Å². The molecule has 0 spiro atoms. The number of hydrogen-bond acceptors (Lipinski definition) is 3. The van der Waals surface area contributed by atoms with E-state index >= 15 is 0 Å². The Morgan fingerprint density at radius 3 is 2.24 bits per heavy atom. The fraction of sp³-hybridized carbons (Fsp3) is 0.417. The molecule has 0 aliphatic heterocycles. The van der Waals surface area contributed by atoms with Crippen LogP contribution in [-0.4, -0.2) is 32.0 Å². The largest absolute Gasteiger partial charge is 0.497 e. The number of amides is 1. The fourth-order valence-electron chi connectivity index (χ4n) is 1.27. The molecule has 1 N–H and O–H groups in total. The van der Waals surface area contributed by atoms with Crippen LogP contribution >= 0.6 is 11.6 Å². The Morgan fingerprint density at radius 1 is 1.29 bits per heavy atom. The maximum absolute atomic E-state index is 11.8. The summed E-state index contributed by atoms with van der Waals surface area (Å²) in [6, 6.07) is 5.01. The van der Waals surface area contributed by atoms with Crippen LogP contribution in [0.15, 0.2) is 18.2 Å². The van der Waals surface area contributed by atoms with Crippen molar-refractivity contribution in [2.45, 2.75) is 12.3 Å². The first kappa shape index (κ1) is 13.6. The van der Waals surface area contributed by atoms with E-state index in [1.165, 1.54) is 14.2 Å². The van der Waals surface area contributed by atoms with E-state index in [9.17, 15) is 4.79 Å². The highest BCUT2D eigenvalue weighted by atomic mass is 35.5. The highest BCUT2D eigenvalue weighted by Crippen LogP contribution is 2.22. The van der Waals surface area contributed by atoms with Gasteiger partial charge in [-0.3, -0.25) is 4.79 Å². The summed E-state index contributed by atoms with van der Waals surface area (Å²) >= 11 is 5.76. The average molecular weight is 258 g/mol. The summed E-state index contributed by atoms with van der Waals surface area (Å²) in [4.78, 5) is 11.8. The molecule has 0 aliphatic carbocycles. The number of carbonyl (C=O) groups excluding carboxylic acids is 1. The number of rotatable bonds is 5. The summed E-state index contributed by atoms with van der Waals surface area (Å²) < 4.78 is 10.2. The predicted octanol–water partition coefficient (Wildman–Crippen LogP) is 2.06. The van der Waals surface area contributed by atoms with E-state index in [-0.39, 0.29) is 11.3 Å². The normalized spacial score (nSPS) is 11.8. The van der Waals surface area contributed by atoms with E-state index in [0.29, 0.717) is 23.6 Å². The maximum Gasteiger partial charge on any atom is 0.251 e. The van der Waals surface area contributed by atoms with Crippen molar-refractivity contribution in [2.24, 2.45) is 0 Å². The molecular formula is C12H16ClNO3. The van der Waals surface area contributed by atoms with Crippen LogP contribution in [0.3, 0.4) is 0 Å². The van der Waals surface area contributed by atoms with Gasteiger partial charge in [-0.25, -0.2) is 0 Å². The molecular weight excluding hydrogens is 242 g/mol. The van der Waals surface area contributed by atoms with Crippen molar-refractivity contribution >= 4 is 17.5 Å². The highest BCUT2D eigenvalue weighted by Gasteiger charge is 2.10. The van der Waals surface area contributed by atoms with Crippen LogP contribution in [0.1, 0.15) is 17.3 Å². The van der Waals surface area contributed by atoms with Crippen molar-refractivity contribution in [3.63, 3.8) is 0 Å². The first-order valence-corrected chi connectivity index (χ1v) is 5.65. The lowest BCUT2D eigenvalue weighted by atomic mass is 10.2. The van der Waals surface area contributed by atoms with Gasteiger partial charge in [-0.2, -0.15) is 0 Å². The molecule has 0 aliphatic rings. The van der Waals surface area contributed by atoms with Crippen LogP contribution in [0.4, 0.5) is 0 Å². The van der Waals surface area contributed by atoms with Gasteiger partial charge >= 0.3 is 0 Å². The number of halogens is 1. The van der Waals surface area contributed by atoms with E-state index < -0.39 is 0 Å². The van der Waals surface area contributed by atoms with Gasteiger partial charge < -0.3 is 14.8 Å². The highest BCUT2D eigenvalue weighted by molar-refractivity contribution is 6.20. The molecule has 1 aromatic carbocycles. The number of benzene rings is 1. The number of carbonyl (C=O) groups is 1. The van der Waals surface area contributed by atoms with Crippen LogP contribution in [0.2, 0.25) is 0 Å². The molecule has 5 heteroatoms. The third-order valence-corrected chi connectivity index (χ3v) is 2.31. The minimum Gasteiger partial charge on any atom is -0.497 e. The second-order valence-electron chi connectivity index (χ2n) is 3.59. The molecule has 1 amide bonds. The Kier molecular flexibility index (Phi) is 5.10. The van der Waals surface area contributed by atoms with Gasteiger partial charge in [0.1, 0.15) is 11.5 Å². The molecule has 0 saturated heterocycles. The number of alkyl halides is 1. The smallest absolute Gasteiger partial charge is 0.251 e. The SMILES string of the molecule is COc1cc(OC)cc(C(=O)NCC(C)Cl)c1. The zero-order chi connectivity index (χ0) is 12.8. The zero-order valence-electron chi connectivity index (χ0n) is 10.1. The lowest BCUT2D eigenvalue weighted by molar-refractivity contribution is 0.0953. The number of methoxy groups -OCH3 is 2. The minimum absolute atomic E-state index is 0.105. The summed E-state index contributed by atoms with van der Waals surface area (Å²) in [5.74, 6) is 0.955. The Labute approximate surface area is 106 Å². The molecule has 4 nitrogen and oxygen atoms in total. The molecule has 0 saturated carbocycles. The van der Waals surface area contributed by atoms with Gasteiger partial charge in [0, 0.05) is 23.6 Å². The van der Waals surface area contributed by atoms with Crippen LogP contribution in [0.25, 0.3) is 0 Å². The third-order valence-electron chi connectivity index (χ3n) is 2.16. The minimum atomic E-state index is -0.199. The molecule has 1 rings (SSSR count). The van der Waals surface area contributed by atoms with E-state index in [1.807, 2.05) is 6.92 Å². The van der Waals surface area contributed by atoms with Crippen molar-refractivity contribution in [1.29, 1.82) is 0 Å². The second-order valence-corrected chi connectivity index (χ2v) is 4.34. The zero-order valence-corrected chi connectivity index (χ0v) is 10.9. The molecule has 17 heavy (non-hydrogen) atoms. The Bertz CT molecular complexity index is 371. The van der Waals surface area contributed by atoms with E-state index in [1.54, 1.807) is 18.2 Å². The van der Waals surface area contributed by atoms with Gasteiger partial charge in [0.15, 0.2) is 0 Å². The molecule has 94 valence electrons. The maximum atomic E-state index is 11.8. The summed E-state index contributed by atoms with van der Waals surface area (Å²) in [6.07, 6.45) is 0. The molecule has 0 fully saturated rings. The van der Waals surface area contributed by atoms with Crippen LogP contribution in [-0.2, 0) is 0 Å². The quantitative estimate of drug-likeness (QED) is 0.822. The van der Waals surface area contributed by atoms with E-state index in [0.717, 1.165) is 0 Å². The molecule has 1 aromatic rings. The van der Waals surface area contributed by atoms with Gasteiger partial charge in [-0.15, -0.1) is 11.6 Å². The van der Waals surface area contributed by atoms with Crippen LogP contribution in [0.5, 0.6) is 11.5 Å². The Morgan fingerprint density at radius 2 is 1.82 bits per heavy atom.